The van der Waals surface area contributed by atoms with Gasteiger partial charge < -0.3 is 9.84 Å². The molecule has 0 aliphatic carbocycles. The maximum Gasteiger partial charge on any atom is 0.431 e. The number of rotatable bonds is 5. The maximum atomic E-state index is 13.2. The quantitative estimate of drug-likeness (QED) is 0.458. The number of alkyl halides is 3. The SMILES string of the molecule is Cc1ccc(OCC(=O)O)cc1-c1nsc2ccc(-n3c(=O)cc(C(F)(F)F)n(C)c3=O)cc12. The van der Waals surface area contributed by atoms with E-state index in [4.69, 9.17) is 9.84 Å². The minimum atomic E-state index is -4.86. The van der Waals surface area contributed by atoms with Crippen LogP contribution in [-0.4, -0.2) is 31.2 Å². The van der Waals surface area contributed by atoms with Crippen molar-refractivity contribution in [2.24, 2.45) is 7.05 Å². The number of aromatic nitrogens is 3. The second-order valence-electron chi connectivity index (χ2n) is 7.41. The van der Waals surface area contributed by atoms with Gasteiger partial charge in [-0.2, -0.15) is 17.5 Å². The summed E-state index contributed by atoms with van der Waals surface area (Å²) in [7, 11) is 0.948. The second-order valence-corrected chi connectivity index (χ2v) is 8.22. The van der Waals surface area contributed by atoms with Crippen LogP contribution in [0.5, 0.6) is 5.75 Å². The molecule has 2 heterocycles. The summed E-state index contributed by atoms with van der Waals surface area (Å²) < 4.78 is 50.9. The van der Waals surface area contributed by atoms with E-state index in [-0.39, 0.29) is 5.69 Å². The van der Waals surface area contributed by atoms with Crippen molar-refractivity contribution in [3.63, 3.8) is 0 Å². The minimum absolute atomic E-state index is 0.0872. The lowest BCUT2D eigenvalue weighted by molar-refractivity contribution is -0.144. The van der Waals surface area contributed by atoms with Gasteiger partial charge in [0.05, 0.1) is 16.1 Å². The average Bonchev–Trinajstić information content (AvgIpc) is 3.18. The standard InChI is InChI=1S/C22H16F3N3O5S/c1-11-3-5-13(33-10-19(30)31)8-14(11)20-15-7-12(4-6-16(15)34-26-20)28-18(29)9-17(22(23,24)25)27(2)21(28)32/h3-9H,10H2,1-2H3,(H,30,31). The molecule has 0 atom stereocenters. The molecule has 0 amide bonds. The molecule has 0 saturated heterocycles. The predicted octanol–water partition coefficient (Wildman–Crippen LogP) is 3.60. The van der Waals surface area contributed by atoms with E-state index in [0.717, 1.165) is 24.1 Å². The molecule has 0 saturated carbocycles. The smallest absolute Gasteiger partial charge is 0.431 e. The molecule has 4 aromatic rings. The third-order valence-corrected chi connectivity index (χ3v) is 5.98. The van der Waals surface area contributed by atoms with Gasteiger partial charge in [-0.25, -0.2) is 14.2 Å². The Morgan fingerprint density at radius 2 is 1.88 bits per heavy atom. The number of aliphatic carboxylic acids is 1. The first-order valence-electron chi connectivity index (χ1n) is 9.73. The number of carboxylic acid groups (broad SMARTS) is 1. The number of carbonyl (C=O) groups is 1. The molecule has 0 unspecified atom stereocenters. The number of hydrogen-bond acceptors (Lipinski definition) is 6. The molecule has 4 rings (SSSR count). The summed E-state index contributed by atoms with van der Waals surface area (Å²) in [4.78, 5) is 36.0. The summed E-state index contributed by atoms with van der Waals surface area (Å²) in [6, 6.07) is 9.95. The van der Waals surface area contributed by atoms with E-state index in [2.05, 4.69) is 4.37 Å². The zero-order chi connectivity index (χ0) is 24.8. The van der Waals surface area contributed by atoms with Gasteiger partial charge in [0, 0.05) is 24.1 Å². The highest BCUT2D eigenvalue weighted by atomic mass is 32.1. The first-order chi connectivity index (χ1) is 16.0. The van der Waals surface area contributed by atoms with Crippen molar-refractivity contribution < 1.29 is 27.8 Å². The first kappa shape index (κ1) is 23.2. The predicted molar refractivity (Wildman–Crippen MR) is 119 cm³/mol. The molecule has 8 nitrogen and oxygen atoms in total. The Hall–Kier alpha value is -3.93. The van der Waals surface area contributed by atoms with Gasteiger partial charge in [-0.3, -0.25) is 9.36 Å². The molecule has 0 aliphatic heterocycles. The van der Waals surface area contributed by atoms with Crippen LogP contribution >= 0.6 is 11.5 Å². The Labute approximate surface area is 193 Å². The highest BCUT2D eigenvalue weighted by molar-refractivity contribution is 7.13. The van der Waals surface area contributed by atoms with Crippen LogP contribution in [-0.2, 0) is 18.0 Å². The number of nitrogens with zero attached hydrogens (tertiary/aromatic N) is 3. The van der Waals surface area contributed by atoms with E-state index in [0.29, 0.717) is 42.3 Å². The fourth-order valence-electron chi connectivity index (χ4n) is 3.49. The molecule has 34 heavy (non-hydrogen) atoms. The lowest BCUT2D eigenvalue weighted by Gasteiger charge is -2.14. The normalized spacial score (nSPS) is 11.7. The maximum absolute atomic E-state index is 13.2. The number of fused-ring (bicyclic) bond motifs is 1. The van der Waals surface area contributed by atoms with Gasteiger partial charge in [0.25, 0.3) is 5.56 Å². The number of hydrogen-bond donors (Lipinski definition) is 1. The monoisotopic (exact) mass is 491 g/mol. The Bertz CT molecular complexity index is 1550. The fourth-order valence-corrected chi connectivity index (χ4v) is 4.26. The molecule has 2 aromatic carbocycles. The van der Waals surface area contributed by atoms with Crippen LogP contribution in [0.4, 0.5) is 13.2 Å². The molecular weight excluding hydrogens is 475 g/mol. The van der Waals surface area contributed by atoms with Gasteiger partial charge in [0.15, 0.2) is 6.61 Å². The molecule has 0 aliphatic rings. The van der Waals surface area contributed by atoms with E-state index in [9.17, 15) is 27.6 Å². The highest BCUT2D eigenvalue weighted by Crippen LogP contribution is 2.35. The zero-order valence-electron chi connectivity index (χ0n) is 17.7. The Morgan fingerprint density at radius 1 is 1.15 bits per heavy atom. The van der Waals surface area contributed by atoms with E-state index in [1.807, 2.05) is 6.92 Å². The van der Waals surface area contributed by atoms with Gasteiger partial charge in [0.1, 0.15) is 11.4 Å². The van der Waals surface area contributed by atoms with Gasteiger partial charge in [-0.05, 0) is 54.4 Å². The van der Waals surface area contributed by atoms with Gasteiger partial charge in [-0.15, -0.1) is 0 Å². The zero-order valence-corrected chi connectivity index (χ0v) is 18.5. The summed E-state index contributed by atoms with van der Waals surface area (Å²) in [6.45, 7) is 1.30. The van der Waals surface area contributed by atoms with Crippen molar-refractivity contribution >= 4 is 27.6 Å². The van der Waals surface area contributed by atoms with Crippen LogP contribution in [0.2, 0.25) is 0 Å². The van der Waals surface area contributed by atoms with Crippen LogP contribution in [0, 0.1) is 6.92 Å². The molecule has 176 valence electrons. The van der Waals surface area contributed by atoms with Gasteiger partial charge in [0.2, 0.25) is 0 Å². The van der Waals surface area contributed by atoms with Crippen LogP contribution < -0.4 is 16.0 Å². The van der Waals surface area contributed by atoms with Crippen molar-refractivity contribution in [1.29, 1.82) is 0 Å². The van der Waals surface area contributed by atoms with Crippen molar-refractivity contribution in [2.75, 3.05) is 6.61 Å². The second kappa shape index (κ2) is 8.45. The third kappa shape index (κ3) is 4.19. The van der Waals surface area contributed by atoms with Crippen LogP contribution in [0.15, 0.2) is 52.1 Å². The third-order valence-electron chi connectivity index (χ3n) is 5.15. The molecule has 0 fully saturated rings. The largest absolute Gasteiger partial charge is 0.482 e. The van der Waals surface area contributed by atoms with Crippen molar-refractivity contribution in [1.82, 2.24) is 13.5 Å². The Morgan fingerprint density at radius 3 is 2.56 bits per heavy atom. The molecule has 0 spiro atoms. The fraction of sp³-hybridized carbons (Fsp3) is 0.182. The Balaban J connectivity index is 1.87. The topological polar surface area (TPSA) is 103 Å². The molecule has 0 radical (unpaired) electrons. The van der Waals surface area contributed by atoms with Gasteiger partial charge in [-0.1, -0.05) is 6.07 Å². The van der Waals surface area contributed by atoms with E-state index in [1.165, 1.54) is 12.1 Å². The number of benzene rings is 2. The number of carboxylic acids is 1. The van der Waals surface area contributed by atoms with Crippen molar-refractivity contribution in [2.45, 2.75) is 13.1 Å². The molecular formula is C22H16F3N3O5S. The summed E-state index contributed by atoms with van der Waals surface area (Å²) in [6.07, 6.45) is -4.86. The lowest BCUT2D eigenvalue weighted by Crippen LogP contribution is -2.40. The van der Waals surface area contributed by atoms with Gasteiger partial charge >= 0.3 is 17.8 Å². The first-order valence-corrected chi connectivity index (χ1v) is 10.5. The average molecular weight is 491 g/mol. The lowest BCUT2D eigenvalue weighted by atomic mass is 10.0. The van der Waals surface area contributed by atoms with Crippen LogP contribution in [0.1, 0.15) is 11.3 Å². The van der Waals surface area contributed by atoms with E-state index < -0.39 is 35.7 Å². The Kier molecular flexibility index (Phi) is 5.77. The number of halogens is 3. The summed E-state index contributed by atoms with van der Waals surface area (Å²) in [5.41, 5.74) is -1.56. The summed E-state index contributed by atoms with van der Waals surface area (Å²) in [5.74, 6) is -0.817. The summed E-state index contributed by atoms with van der Waals surface area (Å²) >= 11 is 1.16. The number of aryl methyl sites for hydroxylation is 1. The number of ether oxygens (including phenoxy) is 1. The van der Waals surface area contributed by atoms with Crippen LogP contribution in [0.3, 0.4) is 0 Å². The van der Waals surface area contributed by atoms with Crippen LogP contribution in [0.25, 0.3) is 27.0 Å². The highest BCUT2D eigenvalue weighted by Gasteiger charge is 2.35. The van der Waals surface area contributed by atoms with Crippen molar-refractivity contribution in [3.8, 4) is 22.7 Å². The molecule has 0 bridgehead atoms. The van der Waals surface area contributed by atoms with E-state index >= 15 is 0 Å². The van der Waals surface area contributed by atoms with E-state index in [1.54, 1.807) is 24.3 Å². The molecule has 2 aromatic heterocycles. The molecule has 12 heteroatoms. The van der Waals surface area contributed by atoms with Crippen molar-refractivity contribution in [3.05, 3.63) is 74.6 Å². The minimum Gasteiger partial charge on any atom is -0.482 e. The summed E-state index contributed by atoms with van der Waals surface area (Å²) in [5, 5.41) is 9.40. The molecule has 1 N–H and O–H groups in total.